The van der Waals surface area contributed by atoms with Crippen LogP contribution in [-0.4, -0.2) is 36.9 Å². The van der Waals surface area contributed by atoms with Gasteiger partial charge in [0, 0.05) is 6.54 Å². The zero-order valence-electron chi connectivity index (χ0n) is 11.7. The van der Waals surface area contributed by atoms with Crippen LogP contribution in [0.25, 0.3) is 0 Å². The lowest BCUT2D eigenvalue weighted by Crippen LogP contribution is -2.29. The smallest absolute Gasteiger partial charge is 0.407 e. The predicted molar refractivity (Wildman–Crippen MR) is 82.5 cm³/mol. The third-order valence-electron chi connectivity index (χ3n) is 2.77. The van der Waals surface area contributed by atoms with Gasteiger partial charge in [-0.25, -0.2) is 4.79 Å². The van der Waals surface area contributed by atoms with Crippen molar-refractivity contribution in [3.63, 3.8) is 0 Å². The molecule has 2 rings (SSSR count). The first-order chi connectivity index (χ1) is 10.4. The van der Waals surface area contributed by atoms with Gasteiger partial charge < -0.3 is 24.3 Å². The summed E-state index contributed by atoms with van der Waals surface area (Å²) in [6, 6.07) is 3.65. The van der Waals surface area contributed by atoms with E-state index in [9.17, 15) is 4.79 Å². The Morgan fingerprint density at radius 3 is 2.82 bits per heavy atom. The van der Waals surface area contributed by atoms with Crippen LogP contribution in [0.4, 0.5) is 4.79 Å². The molecular weight excluding hydrogens is 357 g/mol. The number of hydrogen-bond donors (Lipinski definition) is 1. The second kappa shape index (κ2) is 7.35. The molecule has 0 bridgehead atoms. The highest BCUT2D eigenvalue weighted by Gasteiger charge is 2.22. The fraction of sp³-hybridized carbons (Fsp3) is 0.462. The number of alkyl carbamates (subject to hydrolysis) is 1. The summed E-state index contributed by atoms with van der Waals surface area (Å²) in [7, 11) is 1.55. The molecule has 22 heavy (non-hydrogen) atoms. The molecule has 1 aliphatic rings. The number of methoxy groups -OCH3 is 1. The lowest BCUT2D eigenvalue weighted by atomic mass is 10.1. The molecule has 0 unspecified atom stereocenters. The van der Waals surface area contributed by atoms with E-state index in [-0.39, 0.29) is 13.4 Å². The maximum atomic E-state index is 11.4. The zero-order chi connectivity index (χ0) is 16.2. The first-order valence-corrected chi connectivity index (χ1v) is 7.46. The van der Waals surface area contributed by atoms with Gasteiger partial charge in [0.2, 0.25) is 16.3 Å². The van der Waals surface area contributed by atoms with Gasteiger partial charge in [0.15, 0.2) is 11.5 Å². The van der Waals surface area contributed by atoms with Crippen LogP contribution in [0, 0.1) is 0 Å². The zero-order valence-corrected chi connectivity index (χ0v) is 13.9. The van der Waals surface area contributed by atoms with Crippen molar-refractivity contribution >= 4 is 40.9 Å². The van der Waals surface area contributed by atoms with E-state index < -0.39 is 9.89 Å². The maximum Gasteiger partial charge on any atom is 0.407 e. The van der Waals surface area contributed by atoms with E-state index in [0.717, 1.165) is 5.56 Å². The highest BCUT2D eigenvalue weighted by atomic mass is 35.6. The molecule has 1 aliphatic heterocycles. The molecule has 1 amide bonds. The van der Waals surface area contributed by atoms with Gasteiger partial charge in [0.1, 0.15) is 6.61 Å². The van der Waals surface area contributed by atoms with Gasteiger partial charge in [-0.1, -0.05) is 34.8 Å². The van der Waals surface area contributed by atoms with Crippen molar-refractivity contribution in [2.45, 2.75) is 10.2 Å². The molecule has 1 N–H and O–H groups in total. The highest BCUT2D eigenvalue weighted by molar-refractivity contribution is 6.67. The van der Waals surface area contributed by atoms with Gasteiger partial charge in [-0.2, -0.15) is 0 Å². The van der Waals surface area contributed by atoms with Crippen LogP contribution in [0.3, 0.4) is 0 Å². The molecule has 0 saturated heterocycles. The minimum absolute atomic E-state index is 0.163. The van der Waals surface area contributed by atoms with Gasteiger partial charge in [-0.3, -0.25) is 0 Å². The van der Waals surface area contributed by atoms with Crippen molar-refractivity contribution < 1.29 is 23.7 Å². The first-order valence-electron chi connectivity index (χ1n) is 6.33. The van der Waals surface area contributed by atoms with Crippen molar-refractivity contribution in [1.82, 2.24) is 5.32 Å². The van der Waals surface area contributed by atoms with Crippen LogP contribution in [0.2, 0.25) is 0 Å². The fourth-order valence-corrected chi connectivity index (χ4v) is 2.00. The van der Waals surface area contributed by atoms with Crippen molar-refractivity contribution in [3.8, 4) is 17.2 Å². The van der Waals surface area contributed by atoms with E-state index >= 15 is 0 Å². The Hall–Kier alpha value is -1.24. The van der Waals surface area contributed by atoms with Crippen LogP contribution in [0.1, 0.15) is 5.56 Å². The largest absolute Gasteiger partial charge is 0.493 e. The van der Waals surface area contributed by atoms with Crippen LogP contribution in [-0.2, 0) is 11.2 Å². The summed E-state index contributed by atoms with van der Waals surface area (Å²) in [6.45, 7) is 0.194. The predicted octanol–water partition coefficient (Wildman–Crippen LogP) is 3.06. The molecule has 6 nitrogen and oxygen atoms in total. The molecule has 0 radical (unpaired) electrons. The van der Waals surface area contributed by atoms with E-state index in [2.05, 4.69) is 5.32 Å². The number of amides is 1. The summed E-state index contributed by atoms with van der Waals surface area (Å²) in [5.74, 6) is 1.79. The number of fused-ring (bicyclic) bond motifs is 1. The third-order valence-corrected chi connectivity index (χ3v) is 3.10. The number of alkyl halides is 3. The summed E-state index contributed by atoms with van der Waals surface area (Å²) in [5.41, 5.74) is 0.919. The quantitative estimate of drug-likeness (QED) is 0.807. The monoisotopic (exact) mass is 369 g/mol. The Labute approximate surface area is 142 Å². The Morgan fingerprint density at radius 1 is 1.36 bits per heavy atom. The summed E-state index contributed by atoms with van der Waals surface area (Å²) in [5, 5.41) is 2.56. The number of carbonyl (C=O) groups excluding carboxylic acids is 1. The molecule has 0 atom stereocenters. The third kappa shape index (κ3) is 4.90. The molecule has 0 spiro atoms. The molecule has 9 heteroatoms. The lowest BCUT2D eigenvalue weighted by molar-refractivity contribution is 0.148. The number of nitrogens with one attached hydrogen (secondary N) is 1. The molecule has 0 aromatic heterocycles. The summed E-state index contributed by atoms with van der Waals surface area (Å²) < 4.78 is 19.0. The average Bonchev–Trinajstić information content (AvgIpc) is 2.92. The number of halogens is 3. The van der Waals surface area contributed by atoms with E-state index in [1.165, 1.54) is 0 Å². The fourth-order valence-electron chi connectivity index (χ4n) is 1.84. The first kappa shape index (κ1) is 17.1. The SMILES string of the molecule is COc1cc(CCNC(=O)OCC(Cl)(Cl)Cl)cc2c1OCO2. The van der Waals surface area contributed by atoms with Crippen molar-refractivity contribution in [2.24, 2.45) is 0 Å². The summed E-state index contributed by atoms with van der Waals surface area (Å²) >= 11 is 16.4. The van der Waals surface area contributed by atoms with Gasteiger partial charge >= 0.3 is 6.09 Å². The molecule has 0 aliphatic carbocycles. The Morgan fingerprint density at radius 2 is 2.14 bits per heavy atom. The Balaban J connectivity index is 1.84. The topological polar surface area (TPSA) is 66.0 Å². The average molecular weight is 371 g/mol. The second-order valence-corrected chi connectivity index (χ2v) is 6.92. The Bertz CT molecular complexity index is 547. The van der Waals surface area contributed by atoms with Crippen LogP contribution in [0.5, 0.6) is 17.2 Å². The van der Waals surface area contributed by atoms with Gasteiger partial charge in [0.05, 0.1) is 7.11 Å². The molecule has 1 aromatic carbocycles. The van der Waals surface area contributed by atoms with E-state index in [0.29, 0.717) is 30.2 Å². The number of hydrogen-bond acceptors (Lipinski definition) is 5. The van der Waals surface area contributed by atoms with Gasteiger partial charge in [0.25, 0.3) is 0 Å². The van der Waals surface area contributed by atoms with Gasteiger partial charge in [-0.05, 0) is 24.1 Å². The minimum Gasteiger partial charge on any atom is -0.493 e. The van der Waals surface area contributed by atoms with Crippen molar-refractivity contribution in [1.29, 1.82) is 0 Å². The molecular formula is C13H14Cl3NO5. The molecule has 1 heterocycles. The standard InChI is InChI=1S/C13H14Cl3NO5/c1-19-9-4-8(5-10-11(9)22-7-21-10)2-3-17-12(18)20-6-13(14,15)16/h4-5H,2-3,6-7H2,1H3,(H,17,18). The molecule has 1 aromatic rings. The summed E-state index contributed by atoms with van der Waals surface area (Å²) in [6.07, 6.45) is -0.102. The normalized spacial score (nSPS) is 12.9. The van der Waals surface area contributed by atoms with E-state index in [1.54, 1.807) is 7.11 Å². The molecule has 122 valence electrons. The van der Waals surface area contributed by atoms with Crippen LogP contribution >= 0.6 is 34.8 Å². The van der Waals surface area contributed by atoms with E-state index in [1.807, 2.05) is 12.1 Å². The minimum atomic E-state index is -1.62. The molecule has 0 fully saturated rings. The van der Waals surface area contributed by atoms with Crippen molar-refractivity contribution in [2.75, 3.05) is 27.1 Å². The number of rotatable bonds is 5. The number of benzene rings is 1. The Kier molecular flexibility index (Phi) is 5.72. The highest BCUT2D eigenvalue weighted by Crippen LogP contribution is 2.41. The van der Waals surface area contributed by atoms with Crippen LogP contribution in [0.15, 0.2) is 12.1 Å². The lowest BCUT2D eigenvalue weighted by Gasteiger charge is -2.12. The van der Waals surface area contributed by atoms with Gasteiger partial charge in [-0.15, -0.1) is 0 Å². The summed E-state index contributed by atoms with van der Waals surface area (Å²) in [4.78, 5) is 11.4. The van der Waals surface area contributed by atoms with E-state index in [4.69, 9.17) is 53.8 Å². The maximum absolute atomic E-state index is 11.4. The number of ether oxygens (including phenoxy) is 4. The van der Waals surface area contributed by atoms with Crippen LogP contribution < -0.4 is 19.5 Å². The number of carbonyl (C=O) groups is 1. The second-order valence-electron chi connectivity index (χ2n) is 4.40. The van der Waals surface area contributed by atoms with Crippen molar-refractivity contribution in [3.05, 3.63) is 17.7 Å². The molecule has 0 saturated carbocycles.